The van der Waals surface area contributed by atoms with Crippen LogP contribution in [0, 0.1) is 11.7 Å². The van der Waals surface area contributed by atoms with Crippen molar-refractivity contribution in [2.45, 2.75) is 62.8 Å². The van der Waals surface area contributed by atoms with Crippen LogP contribution in [0.3, 0.4) is 0 Å². The smallest absolute Gasteiger partial charge is 0.381 e. The van der Waals surface area contributed by atoms with E-state index in [2.05, 4.69) is 0 Å². The zero-order chi connectivity index (χ0) is 30.7. The Bertz CT molecular complexity index is 1540. The van der Waals surface area contributed by atoms with Gasteiger partial charge in [0.2, 0.25) is 5.91 Å². The van der Waals surface area contributed by atoms with E-state index in [1.54, 1.807) is 41.6 Å². The number of imidazole rings is 1. The van der Waals surface area contributed by atoms with Crippen molar-refractivity contribution in [1.82, 2.24) is 24.4 Å². The number of rotatable bonds is 4. The Balaban J connectivity index is 1.24. The second kappa shape index (κ2) is 10.5. The van der Waals surface area contributed by atoms with Crippen molar-refractivity contribution in [1.29, 1.82) is 0 Å². The number of aromatic nitrogens is 3. The fraction of sp³-hybridized carbons (Fsp3) is 0.533. The van der Waals surface area contributed by atoms with Crippen LogP contribution in [0.25, 0.3) is 16.9 Å². The summed E-state index contributed by atoms with van der Waals surface area (Å²) in [6.07, 6.45) is -2.95. The summed E-state index contributed by atoms with van der Waals surface area (Å²) in [6, 6.07) is 7.97. The molecule has 0 bridgehead atoms. The van der Waals surface area contributed by atoms with Crippen molar-refractivity contribution in [2.75, 3.05) is 32.8 Å². The molecule has 230 valence electrons. The zero-order valence-corrected chi connectivity index (χ0v) is 23.9. The van der Waals surface area contributed by atoms with Crippen molar-refractivity contribution in [3.05, 3.63) is 53.6 Å². The Kier molecular flexibility index (Phi) is 7.23. The van der Waals surface area contributed by atoms with Gasteiger partial charge in [0.25, 0.3) is 5.91 Å². The minimum atomic E-state index is -4.78. The second-order valence-electron chi connectivity index (χ2n) is 12.4. The summed E-state index contributed by atoms with van der Waals surface area (Å²) in [5, 5.41) is 14.5. The average Bonchev–Trinajstić information content (AvgIpc) is 3.38. The van der Waals surface area contributed by atoms with Crippen molar-refractivity contribution in [3.63, 3.8) is 0 Å². The number of carbonyl (C=O) groups is 2. The highest BCUT2D eigenvalue weighted by Gasteiger charge is 2.63. The number of hydrogen-bond donors (Lipinski definition) is 1. The van der Waals surface area contributed by atoms with Crippen LogP contribution in [0.4, 0.5) is 17.6 Å². The lowest BCUT2D eigenvalue weighted by atomic mass is 9.69. The van der Waals surface area contributed by atoms with Crippen molar-refractivity contribution in [2.24, 2.45) is 5.92 Å². The number of fused-ring (bicyclic) bond motifs is 1. The van der Waals surface area contributed by atoms with E-state index in [0.717, 1.165) is 24.0 Å². The minimum Gasteiger partial charge on any atom is -0.381 e. The van der Waals surface area contributed by atoms with Crippen molar-refractivity contribution < 1.29 is 37.0 Å². The number of ether oxygens (including phenoxy) is 1. The Morgan fingerprint density at radius 2 is 1.74 bits per heavy atom. The number of carbonyl (C=O) groups excluding carboxylic acids is 2. The fourth-order valence-electron chi connectivity index (χ4n) is 6.45. The van der Waals surface area contributed by atoms with Gasteiger partial charge < -0.3 is 19.6 Å². The Morgan fingerprint density at radius 3 is 2.37 bits per heavy atom. The molecule has 0 spiro atoms. The standard InChI is InChI=1S/C30H33F4N5O4/c1-28(2)17-37(26(40)20-14-29(42,15-20)30(32,33)34)9-10-38(28)27(41)24-16-39-25(35-24)22(18-7-11-43-12-8-18)13-23(36-39)19-3-5-21(31)6-4-19/h3-6,13,16,18,20,42H,7-12,14-15,17H2,1-2H3. The largest absolute Gasteiger partial charge is 0.417 e. The maximum atomic E-state index is 13.8. The molecule has 2 saturated heterocycles. The van der Waals surface area contributed by atoms with Crippen LogP contribution in [0.15, 0.2) is 36.5 Å². The predicted octanol–water partition coefficient (Wildman–Crippen LogP) is 4.20. The molecule has 0 radical (unpaired) electrons. The average molecular weight is 604 g/mol. The Hall–Kier alpha value is -3.58. The summed E-state index contributed by atoms with van der Waals surface area (Å²) in [4.78, 5) is 34.6. The molecule has 1 aromatic carbocycles. The molecule has 3 aliphatic rings. The summed E-state index contributed by atoms with van der Waals surface area (Å²) in [5.74, 6) is -1.92. The topological polar surface area (TPSA) is 100 Å². The first-order valence-corrected chi connectivity index (χ1v) is 14.4. The predicted molar refractivity (Wildman–Crippen MR) is 147 cm³/mol. The van der Waals surface area contributed by atoms with Crippen LogP contribution >= 0.6 is 0 Å². The lowest BCUT2D eigenvalue weighted by molar-refractivity contribution is -0.297. The highest BCUT2D eigenvalue weighted by Crippen LogP contribution is 2.49. The van der Waals surface area contributed by atoms with Gasteiger partial charge in [-0.15, -0.1) is 0 Å². The third-order valence-corrected chi connectivity index (χ3v) is 8.98. The van der Waals surface area contributed by atoms with Crippen LogP contribution in [0.2, 0.25) is 0 Å². The molecule has 43 heavy (non-hydrogen) atoms. The van der Waals surface area contributed by atoms with E-state index >= 15 is 0 Å². The molecule has 3 fully saturated rings. The number of aliphatic hydroxyl groups is 1. The maximum Gasteiger partial charge on any atom is 0.417 e. The second-order valence-corrected chi connectivity index (χ2v) is 12.4. The summed E-state index contributed by atoms with van der Waals surface area (Å²) in [7, 11) is 0. The number of nitrogens with zero attached hydrogens (tertiary/aromatic N) is 5. The quantitative estimate of drug-likeness (QED) is 0.449. The first kappa shape index (κ1) is 29.5. The van der Waals surface area contributed by atoms with E-state index in [1.165, 1.54) is 17.0 Å². The molecule has 4 heterocycles. The third kappa shape index (κ3) is 5.37. The molecule has 9 nitrogen and oxygen atoms in total. The molecule has 0 unspecified atom stereocenters. The van der Waals surface area contributed by atoms with Crippen LogP contribution < -0.4 is 0 Å². The number of hydrogen-bond acceptors (Lipinski definition) is 6. The van der Waals surface area contributed by atoms with Crippen LogP contribution in [0.5, 0.6) is 0 Å². The van der Waals surface area contributed by atoms with Gasteiger partial charge in [0.05, 0.1) is 17.4 Å². The van der Waals surface area contributed by atoms with E-state index in [-0.39, 0.29) is 43.0 Å². The van der Waals surface area contributed by atoms with Gasteiger partial charge in [0.15, 0.2) is 11.2 Å². The highest BCUT2D eigenvalue weighted by molar-refractivity contribution is 5.94. The molecule has 3 aromatic rings. The van der Waals surface area contributed by atoms with Crippen molar-refractivity contribution >= 4 is 17.5 Å². The van der Waals surface area contributed by atoms with Gasteiger partial charge in [-0.1, -0.05) is 0 Å². The number of amides is 2. The summed E-state index contributed by atoms with van der Waals surface area (Å²) < 4.78 is 59.9. The molecule has 2 amide bonds. The summed E-state index contributed by atoms with van der Waals surface area (Å²) in [5.41, 5.74) is -0.662. The molecule has 2 aliphatic heterocycles. The molecule has 1 N–H and O–H groups in total. The van der Waals surface area contributed by atoms with Crippen LogP contribution in [-0.2, 0) is 9.53 Å². The molecular formula is C30H33F4N5O4. The van der Waals surface area contributed by atoms with Gasteiger partial charge in [-0.05, 0) is 75.8 Å². The first-order chi connectivity index (χ1) is 20.3. The normalized spacial score (nSPS) is 24.7. The SMILES string of the molecule is CC1(C)CN(C(=O)C2CC(O)(C(F)(F)F)C2)CCN1C(=O)c1cn2nc(-c3ccc(F)cc3)cc(C3CCOCC3)c2n1. The number of halogens is 4. The lowest BCUT2D eigenvalue weighted by Gasteiger charge is -2.50. The molecule has 2 aromatic heterocycles. The fourth-order valence-corrected chi connectivity index (χ4v) is 6.45. The van der Waals surface area contributed by atoms with Gasteiger partial charge in [0, 0.05) is 49.9 Å². The Morgan fingerprint density at radius 1 is 1.07 bits per heavy atom. The van der Waals surface area contributed by atoms with E-state index in [4.69, 9.17) is 14.8 Å². The molecule has 13 heteroatoms. The van der Waals surface area contributed by atoms with E-state index < -0.39 is 42.0 Å². The van der Waals surface area contributed by atoms with Crippen molar-refractivity contribution in [3.8, 4) is 11.3 Å². The minimum absolute atomic E-state index is 0.131. The molecule has 1 saturated carbocycles. The lowest BCUT2D eigenvalue weighted by Crippen LogP contribution is -2.65. The van der Waals surface area contributed by atoms with Crippen LogP contribution in [-0.4, -0.2) is 91.5 Å². The van der Waals surface area contributed by atoms with Gasteiger partial charge in [-0.2, -0.15) is 18.3 Å². The summed E-state index contributed by atoms with van der Waals surface area (Å²) in [6.45, 7) is 5.25. The van der Waals surface area contributed by atoms with Gasteiger partial charge in [-0.25, -0.2) is 13.9 Å². The highest BCUT2D eigenvalue weighted by atomic mass is 19.4. The number of alkyl halides is 3. The van der Waals surface area contributed by atoms with E-state index in [0.29, 0.717) is 24.6 Å². The van der Waals surface area contributed by atoms with E-state index in [1.807, 2.05) is 6.07 Å². The maximum absolute atomic E-state index is 13.8. The number of piperazine rings is 1. The summed E-state index contributed by atoms with van der Waals surface area (Å²) >= 11 is 0. The van der Waals surface area contributed by atoms with Gasteiger partial charge >= 0.3 is 6.18 Å². The van der Waals surface area contributed by atoms with Gasteiger partial charge in [-0.3, -0.25) is 9.59 Å². The molecular weight excluding hydrogens is 570 g/mol. The van der Waals surface area contributed by atoms with E-state index in [9.17, 15) is 32.3 Å². The Labute approximate surface area is 245 Å². The molecule has 0 atom stereocenters. The zero-order valence-electron chi connectivity index (χ0n) is 23.9. The molecule has 1 aliphatic carbocycles. The third-order valence-electron chi connectivity index (χ3n) is 8.98. The monoisotopic (exact) mass is 603 g/mol. The first-order valence-electron chi connectivity index (χ1n) is 14.4. The van der Waals surface area contributed by atoms with Gasteiger partial charge in [0.1, 0.15) is 11.5 Å². The van der Waals surface area contributed by atoms with Crippen LogP contribution in [0.1, 0.15) is 61.5 Å². The molecule has 6 rings (SSSR count). The number of benzene rings is 1.